The summed E-state index contributed by atoms with van der Waals surface area (Å²) in [5.41, 5.74) is 3.19. The molecule has 0 radical (unpaired) electrons. The monoisotopic (exact) mass is 469 g/mol. The van der Waals surface area contributed by atoms with Crippen LogP contribution in [0.3, 0.4) is 0 Å². The lowest BCUT2D eigenvalue weighted by molar-refractivity contribution is -0.0846. The summed E-state index contributed by atoms with van der Waals surface area (Å²) in [5.74, 6) is 0.218. The third-order valence-corrected chi connectivity index (χ3v) is 6.58. The molecule has 0 bridgehead atoms. The highest BCUT2D eigenvalue weighted by Gasteiger charge is 2.31. The second kappa shape index (κ2) is 9.99. The molecule has 0 unspecified atom stereocenters. The molecule has 9 nitrogen and oxygen atoms in total. The van der Waals surface area contributed by atoms with Gasteiger partial charge in [-0.1, -0.05) is 12.8 Å². The van der Waals surface area contributed by atoms with Crippen LogP contribution in [-0.4, -0.2) is 57.4 Å². The van der Waals surface area contributed by atoms with E-state index in [9.17, 15) is 15.0 Å². The van der Waals surface area contributed by atoms with E-state index >= 15 is 0 Å². The van der Waals surface area contributed by atoms with Crippen LogP contribution in [0.4, 0.5) is 0 Å². The molecule has 0 spiro atoms. The number of aliphatic hydroxyl groups excluding tert-OH is 1. The molecule has 1 aliphatic rings. The average molecular weight is 470 g/mol. The molecule has 4 rings (SSSR count). The van der Waals surface area contributed by atoms with Crippen molar-refractivity contribution in [3.05, 3.63) is 46.8 Å². The van der Waals surface area contributed by atoms with Crippen LogP contribution in [0.25, 0.3) is 11.0 Å². The predicted molar refractivity (Wildman–Crippen MR) is 126 cm³/mol. The van der Waals surface area contributed by atoms with Crippen LogP contribution in [0, 0.1) is 13.8 Å². The molecular weight excluding hydrogens is 438 g/mol. The topological polar surface area (TPSA) is 116 Å². The number of nitrogens with zero attached hydrogens (tertiary/aromatic N) is 3. The predicted octanol–water partition coefficient (Wildman–Crippen LogP) is 3.82. The van der Waals surface area contributed by atoms with Gasteiger partial charge < -0.3 is 24.4 Å². The fraction of sp³-hybridized carbons (Fsp3) is 0.480. The smallest absolute Gasteiger partial charge is 0.338 e. The summed E-state index contributed by atoms with van der Waals surface area (Å²) in [6.07, 6.45) is 5.64. The first kappa shape index (κ1) is 24.0. The molecule has 0 aliphatic heterocycles. The quantitative estimate of drug-likeness (QED) is 0.486. The van der Waals surface area contributed by atoms with E-state index < -0.39 is 18.2 Å². The van der Waals surface area contributed by atoms with Gasteiger partial charge in [-0.05, 0) is 49.9 Å². The first-order valence-electron chi connectivity index (χ1n) is 11.4. The van der Waals surface area contributed by atoms with Gasteiger partial charge in [0.05, 0.1) is 38.6 Å². The first-order valence-corrected chi connectivity index (χ1v) is 11.4. The van der Waals surface area contributed by atoms with Gasteiger partial charge in [-0.15, -0.1) is 0 Å². The maximum atomic E-state index is 11.6. The number of pyridine rings is 1. The number of fused-ring (bicyclic) bond motifs is 1. The van der Waals surface area contributed by atoms with Gasteiger partial charge in [0.15, 0.2) is 0 Å². The Hall–Kier alpha value is -3.17. The summed E-state index contributed by atoms with van der Waals surface area (Å²) in [7, 11) is 3.18. The van der Waals surface area contributed by atoms with Gasteiger partial charge in [0, 0.05) is 11.8 Å². The van der Waals surface area contributed by atoms with E-state index in [2.05, 4.69) is 10.1 Å². The summed E-state index contributed by atoms with van der Waals surface area (Å²) >= 11 is 0. The molecule has 2 N–H and O–H groups in total. The Labute approximate surface area is 198 Å². The van der Waals surface area contributed by atoms with Crippen molar-refractivity contribution in [3.63, 3.8) is 0 Å². The number of carboxylic acid groups (broad SMARTS) is 1. The minimum absolute atomic E-state index is 0.0480. The molecule has 2 heterocycles. The van der Waals surface area contributed by atoms with Gasteiger partial charge in [-0.2, -0.15) is 5.10 Å². The molecule has 1 aromatic carbocycles. The minimum atomic E-state index is -1.06. The maximum Gasteiger partial charge on any atom is 0.338 e. The molecule has 182 valence electrons. The fourth-order valence-corrected chi connectivity index (χ4v) is 4.82. The Bertz CT molecular complexity index is 1190. The fourth-order valence-electron chi connectivity index (χ4n) is 4.82. The molecule has 0 amide bonds. The van der Waals surface area contributed by atoms with Crippen LogP contribution in [0.2, 0.25) is 0 Å². The lowest BCUT2D eigenvalue weighted by atomic mass is 9.95. The molecule has 2 atom stereocenters. The normalized spacial score (nSPS) is 16.0. The Morgan fingerprint density at radius 1 is 1.21 bits per heavy atom. The number of rotatable bonds is 9. The van der Waals surface area contributed by atoms with Gasteiger partial charge in [0.25, 0.3) is 0 Å². The van der Waals surface area contributed by atoms with Crippen molar-refractivity contribution in [2.75, 3.05) is 14.2 Å². The molecule has 1 fully saturated rings. The second-order valence-corrected chi connectivity index (χ2v) is 8.73. The highest BCUT2D eigenvalue weighted by Crippen LogP contribution is 2.38. The lowest BCUT2D eigenvalue weighted by Gasteiger charge is -2.29. The van der Waals surface area contributed by atoms with E-state index in [0.29, 0.717) is 28.1 Å². The van der Waals surface area contributed by atoms with E-state index in [1.54, 1.807) is 25.1 Å². The van der Waals surface area contributed by atoms with Crippen molar-refractivity contribution in [2.45, 2.75) is 64.4 Å². The van der Waals surface area contributed by atoms with Crippen LogP contribution in [0.15, 0.2) is 24.5 Å². The van der Waals surface area contributed by atoms with Crippen molar-refractivity contribution in [1.82, 2.24) is 14.8 Å². The highest BCUT2D eigenvalue weighted by atomic mass is 16.5. The number of carbonyl (C=O) groups is 1. The average Bonchev–Trinajstić information content (AvgIpc) is 3.47. The second-order valence-electron chi connectivity index (χ2n) is 8.73. The van der Waals surface area contributed by atoms with Crippen LogP contribution < -0.4 is 9.47 Å². The van der Waals surface area contributed by atoms with Crippen LogP contribution in [0.1, 0.15) is 58.8 Å². The van der Waals surface area contributed by atoms with E-state index in [4.69, 9.17) is 14.2 Å². The number of aromatic carboxylic acids is 1. The van der Waals surface area contributed by atoms with Crippen LogP contribution in [0.5, 0.6) is 11.5 Å². The summed E-state index contributed by atoms with van der Waals surface area (Å²) in [6, 6.07) is 3.25. The molecule has 3 aromatic rings. The van der Waals surface area contributed by atoms with Gasteiger partial charge in [-0.25, -0.2) is 4.79 Å². The number of aromatic nitrogens is 3. The van der Waals surface area contributed by atoms with Crippen molar-refractivity contribution < 1.29 is 29.2 Å². The van der Waals surface area contributed by atoms with Crippen LogP contribution in [-0.2, 0) is 11.3 Å². The number of ether oxygens (including phenoxy) is 3. The molecule has 0 saturated heterocycles. The van der Waals surface area contributed by atoms with Gasteiger partial charge in [0.2, 0.25) is 0 Å². The summed E-state index contributed by atoms with van der Waals surface area (Å²) in [4.78, 5) is 15.8. The third-order valence-electron chi connectivity index (χ3n) is 6.58. The van der Waals surface area contributed by atoms with E-state index in [1.165, 1.54) is 12.3 Å². The zero-order valence-corrected chi connectivity index (χ0v) is 19.9. The number of carboxylic acids is 1. The molecule has 1 saturated carbocycles. The van der Waals surface area contributed by atoms with Crippen molar-refractivity contribution in [3.8, 4) is 11.5 Å². The van der Waals surface area contributed by atoms with Crippen molar-refractivity contribution in [2.24, 2.45) is 0 Å². The molecule has 2 aromatic heterocycles. The molecule has 9 heteroatoms. The molecule has 1 aliphatic carbocycles. The van der Waals surface area contributed by atoms with E-state index in [-0.39, 0.29) is 18.2 Å². The largest absolute Gasteiger partial charge is 0.496 e. The number of benzene rings is 1. The molecular formula is C25H31N3O6. The first-order chi connectivity index (χ1) is 16.3. The van der Waals surface area contributed by atoms with Crippen LogP contribution >= 0.6 is 0 Å². The zero-order chi connectivity index (χ0) is 24.4. The minimum Gasteiger partial charge on any atom is -0.496 e. The third kappa shape index (κ3) is 4.58. The SMILES string of the molecule is COc1cc([C@@H](O)[C@H](Cn2cc3nccc(C(=O)O)c3n2)OC2CCCC2)c(C)c(OC)c1C. The van der Waals surface area contributed by atoms with Crippen molar-refractivity contribution >= 4 is 17.0 Å². The summed E-state index contributed by atoms with van der Waals surface area (Å²) in [6.45, 7) is 4.04. The number of methoxy groups -OCH3 is 2. The van der Waals surface area contributed by atoms with E-state index in [1.807, 2.05) is 19.9 Å². The number of hydrogen-bond acceptors (Lipinski definition) is 7. The van der Waals surface area contributed by atoms with E-state index in [0.717, 1.165) is 36.8 Å². The van der Waals surface area contributed by atoms with Gasteiger partial charge >= 0.3 is 5.97 Å². The Morgan fingerprint density at radius 2 is 1.94 bits per heavy atom. The Kier molecular flexibility index (Phi) is 7.04. The number of aliphatic hydroxyl groups is 1. The maximum absolute atomic E-state index is 11.6. The van der Waals surface area contributed by atoms with Gasteiger partial charge in [0.1, 0.15) is 34.7 Å². The highest BCUT2D eigenvalue weighted by molar-refractivity contribution is 6.00. The van der Waals surface area contributed by atoms with Crippen molar-refractivity contribution in [1.29, 1.82) is 0 Å². The summed E-state index contributed by atoms with van der Waals surface area (Å²) < 4.78 is 19.1. The Morgan fingerprint density at radius 3 is 2.59 bits per heavy atom. The number of hydrogen-bond donors (Lipinski definition) is 2. The lowest BCUT2D eigenvalue weighted by Crippen LogP contribution is -2.32. The standard InChI is InChI=1S/C25H31N3O6/c1-14-18(11-20(32-3)15(2)24(14)33-4)23(29)21(34-16-7-5-6-8-16)13-28-12-19-22(27-28)17(25(30)31)9-10-26-19/h9-12,16,21,23,29H,5-8,13H2,1-4H3,(H,30,31)/t21-,23+/m0/s1. The van der Waals surface area contributed by atoms with Gasteiger partial charge in [-0.3, -0.25) is 9.67 Å². The molecule has 34 heavy (non-hydrogen) atoms. The Balaban J connectivity index is 1.72. The zero-order valence-electron chi connectivity index (χ0n) is 19.9. The summed E-state index contributed by atoms with van der Waals surface area (Å²) in [5, 5.41) is 25.5.